The molecule has 0 unspecified atom stereocenters. The van der Waals surface area contributed by atoms with E-state index < -0.39 is 25.0 Å². The first-order valence-corrected chi connectivity index (χ1v) is 8.25. The fourth-order valence-corrected chi connectivity index (χ4v) is 3.20. The minimum absolute atomic E-state index is 0.165. The number of benzene rings is 2. The smallest absolute Gasteiger partial charge is 0.323 e. The van der Waals surface area contributed by atoms with Gasteiger partial charge in [-0.05, 0) is 6.07 Å². The van der Waals surface area contributed by atoms with Crippen LogP contribution in [0.5, 0.6) is 0 Å². The van der Waals surface area contributed by atoms with Crippen LogP contribution in [-0.4, -0.2) is 19.3 Å². The Labute approximate surface area is 128 Å². The van der Waals surface area contributed by atoms with Gasteiger partial charge in [-0.15, -0.1) is 0 Å². The predicted molar refractivity (Wildman–Crippen MR) is 83.1 cm³/mol. The lowest BCUT2D eigenvalue weighted by molar-refractivity contribution is 0.362. The third-order valence-electron chi connectivity index (χ3n) is 3.42. The highest BCUT2D eigenvalue weighted by atomic mass is 31.2. The van der Waals surface area contributed by atoms with Crippen molar-refractivity contribution in [3.63, 3.8) is 0 Å². The van der Waals surface area contributed by atoms with Crippen molar-refractivity contribution in [3.8, 4) is 6.07 Å². The van der Waals surface area contributed by atoms with Gasteiger partial charge in [-0.25, -0.2) is 0 Å². The van der Waals surface area contributed by atoms with Gasteiger partial charge in [0.05, 0.1) is 22.7 Å². The molecule has 0 aliphatic carbocycles. The topological polar surface area (TPSA) is 136 Å². The number of nitrogens with one attached hydrogen (secondary N) is 1. The summed E-state index contributed by atoms with van der Waals surface area (Å²) in [5.41, 5.74) is -1.45. The van der Waals surface area contributed by atoms with E-state index in [1.54, 1.807) is 24.3 Å². The summed E-state index contributed by atoms with van der Waals surface area (Å²) in [6.45, 7) is 0. The molecule has 3 rings (SSSR count). The van der Waals surface area contributed by atoms with E-state index in [1.165, 1.54) is 6.07 Å². The van der Waals surface area contributed by atoms with Gasteiger partial charge >= 0.3 is 18.7 Å². The number of aromatic amines is 1. The molecule has 0 radical (unpaired) electrons. The molecular weight excluding hydrogens is 321 g/mol. The zero-order valence-corrected chi connectivity index (χ0v) is 12.4. The molecule has 0 fully saturated rings. The maximum absolute atomic E-state index is 12.1. The van der Waals surface area contributed by atoms with Gasteiger partial charge in [0.1, 0.15) is 6.29 Å². The van der Waals surface area contributed by atoms with Crippen molar-refractivity contribution in [3.05, 3.63) is 56.6 Å². The Morgan fingerprint density at radius 1 is 1.22 bits per heavy atom. The first kappa shape index (κ1) is 15.2. The van der Waals surface area contributed by atoms with E-state index in [0.29, 0.717) is 10.8 Å². The fourth-order valence-electron chi connectivity index (χ4n) is 2.56. The zero-order chi connectivity index (χ0) is 16.8. The number of nitriles is 1. The molecule has 8 nitrogen and oxygen atoms in total. The molecule has 3 aromatic rings. The van der Waals surface area contributed by atoms with Crippen LogP contribution in [0.25, 0.3) is 21.8 Å². The third kappa shape index (κ3) is 2.58. The summed E-state index contributed by atoms with van der Waals surface area (Å²) in [6.07, 6.45) is -0.915. The maximum atomic E-state index is 12.1. The number of hydrogen-bond acceptors (Lipinski definition) is 4. The van der Waals surface area contributed by atoms with Gasteiger partial charge in [-0.2, -0.15) is 5.26 Å². The van der Waals surface area contributed by atoms with Crippen LogP contribution >= 0.6 is 7.60 Å². The van der Waals surface area contributed by atoms with Crippen LogP contribution < -0.4 is 11.1 Å². The molecule has 0 aliphatic rings. The Hall–Kier alpha value is -2.72. The van der Waals surface area contributed by atoms with Gasteiger partial charge < -0.3 is 14.8 Å². The third-order valence-corrected chi connectivity index (χ3v) is 4.07. The number of nitrogens with zero attached hydrogens (tertiary/aromatic N) is 2. The van der Waals surface area contributed by atoms with Crippen molar-refractivity contribution in [2.24, 2.45) is 0 Å². The average molecular weight is 331 g/mol. The van der Waals surface area contributed by atoms with E-state index in [-0.39, 0.29) is 16.6 Å². The van der Waals surface area contributed by atoms with Gasteiger partial charge in [0, 0.05) is 10.8 Å². The van der Waals surface area contributed by atoms with Crippen LogP contribution in [0.2, 0.25) is 0 Å². The van der Waals surface area contributed by atoms with Gasteiger partial charge in [-0.3, -0.25) is 18.7 Å². The first-order valence-electron chi connectivity index (χ1n) is 6.45. The van der Waals surface area contributed by atoms with E-state index in [0.717, 1.165) is 4.57 Å². The molecule has 0 aliphatic heterocycles. The van der Waals surface area contributed by atoms with Crippen LogP contribution in [0, 0.1) is 11.3 Å². The second-order valence-corrected chi connectivity index (χ2v) is 6.58. The van der Waals surface area contributed by atoms with Crippen LogP contribution in [0.1, 0.15) is 5.56 Å². The lowest BCUT2D eigenvalue weighted by Crippen LogP contribution is -2.36. The molecular formula is C14H10N3O5P. The Morgan fingerprint density at radius 3 is 2.48 bits per heavy atom. The Morgan fingerprint density at radius 2 is 1.87 bits per heavy atom. The second-order valence-electron chi connectivity index (χ2n) is 4.97. The maximum Gasteiger partial charge on any atom is 0.345 e. The number of H-pyrrole nitrogens is 1. The van der Waals surface area contributed by atoms with E-state index >= 15 is 0 Å². The van der Waals surface area contributed by atoms with Crippen LogP contribution in [-0.2, 0) is 10.9 Å². The quantitative estimate of drug-likeness (QED) is 0.362. The summed E-state index contributed by atoms with van der Waals surface area (Å²) >= 11 is 0. The monoisotopic (exact) mass is 331 g/mol. The first-order chi connectivity index (χ1) is 10.8. The van der Waals surface area contributed by atoms with Crippen molar-refractivity contribution in [1.82, 2.24) is 9.55 Å². The molecule has 116 valence electrons. The van der Waals surface area contributed by atoms with Crippen LogP contribution in [0.4, 0.5) is 0 Å². The fraction of sp³-hybridized carbons (Fsp3) is 0.0714. The highest BCUT2D eigenvalue weighted by Gasteiger charge is 2.20. The summed E-state index contributed by atoms with van der Waals surface area (Å²) in [4.78, 5) is 44.6. The molecule has 0 saturated heterocycles. The van der Waals surface area contributed by atoms with Crippen molar-refractivity contribution in [2.45, 2.75) is 6.29 Å². The second kappa shape index (κ2) is 5.18. The summed E-state index contributed by atoms with van der Waals surface area (Å²) in [7, 11) is -4.59. The van der Waals surface area contributed by atoms with Crippen molar-refractivity contribution >= 4 is 29.4 Å². The molecule has 9 heteroatoms. The average Bonchev–Trinajstić information content (AvgIpc) is 2.49. The van der Waals surface area contributed by atoms with Crippen LogP contribution in [0.3, 0.4) is 0 Å². The van der Waals surface area contributed by atoms with Gasteiger partial charge in [0.15, 0.2) is 0 Å². The molecule has 0 saturated carbocycles. The number of aromatic nitrogens is 2. The molecule has 2 aromatic carbocycles. The minimum Gasteiger partial charge on any atom is -0.323 e. The Bertz CT molecular complexity index is 1150. The SMILES string of the molecule is N#Cc1cc2[nH]c(=O)c(=O)n(CP(=O)(O)O)c2c2ccccc12. The Balaban J connectivity index is 2.61. The Kier molecular flexibility index (Phi) is 3.42. The lowest BCUT2D eigenvalue weighted by atomic mass is 10.0. The van der Waals surface area contributed by atoms with Gasteiger partial charge in [-0.1, -0.05) is 24.3 Å². The summed E-state index contributed by atoms with van der Waals surface area (Å²) in [6, 6.07) is 10.0. The summed E-state index contributed by atoms with van der Waals surface area (Å²) in [5.74, 6) is 0. The number of fused-ring (bicyclic) bond motifs is 3. The molecule has 0 bridgehead atoms. The molecule has 0 atom stereocenters. The van der Waals surface area contributed by atoms with Gasteiger partial charge in [0.25, 0.3) is 0 Å². The minimum atomic E-state index is -4.59. The van der Waals surface area contributed by atoms with E-state index in [9.17, 15) is 29.2 Å². The lowest BCUT2D eigenvalue weighted by Gasteiger charge is -2.13. The molecule has 1 heterocycles. The molecule has 3 N–H and O–H groups in total. The van der Waals surface area contributed by atoms with Crippen LogP contribution in [0.15, 0.2) is 39.9 Å². The van der Waals surface area contributed by atoms with Crippen molar-refractivity contribution in [2.75, 3.05) is 0 Å². The highest BCUT2D eigenvalue weighted by molar-refractivity contribution is 7.50. The van der Waals surface area contributed by atoms with E-state index in [4.69, 9.17) is 0 Å². The molecule has 0 spiro atoms. The predicted octanol–water partition coefficient (Wildman–Crippen LogP) is 0.850. The van der Waals surface area contributed by atoms with Crippen molar-refractivity contribution in [1.29, 1.82) is 5.26 Å². The summed E-state index contributed by atoms with van der Waals surface area (Å²) < 4.78 is 12.1. The number of hydrogen-bond donors (Lipinski definition) is 3. The zero-order valence-electron chi connectivity index (χ0n) is 11.6. The number of rotatable bonds is 2. The molecule has 23 heavy (non-hydrogen) atoms. The standard InChI is InChI=1S/C14H10N3O5P/c15-6-8-5-11-12(10-4-2-1-3-9(8)10)17(7-23(20,21)22)14(19)13(18)16-11/h1-5H,7H2,(H,16,18)(H2,20,21,22). The van der Waals surface area contributed by atoms with E-state index in [2.05, 4.69) is 4.98 Å². The van der Waals surface area contributed by atoms with Gasteiger partial charge in [0.2, 0.25) is 0 Å². The molecule has 1 aromatic heterocycles. The summed E-state index contributed by atoms with van der Waals surface area (Å²) in [5, 5.41) is 10.2. The highest BCUT2D eigenvalue weighted by Crippen LogP contribution is 2.37. The molecule has 0 amide bonds. The van der Waals surface area contributed by atoms with E-state index in [1.807, 2.05) is 6.07 Å². The van der Waals surface area contributed by atoms with Crippen molar-refractivity contribution < 1.29 is 14.4 Å². The largest absolute Gasteiger partial charge is 0.345 e. The normalized spacial score (nSPS) is 11.7.